The molecular formula is C21H24ClN3O2. The maximum Gasteiger partial charge on any atom is 0.233 e. The normalized spacial score (nSPS) is 14.2. The van der Waals surface area contributed by atoms with E-state index in [2.05, 4.69) is 42.3 Å². The average Bonchev–Trinajstić information content (AvgIpc) is 2.66. The number of para-hydroxylation sites is 1. The Hall–Kier alpha value is -2.53. The minimum atomic E-state index is -0.343. The zero-order valence-electron chi connectivity index (χ0n) is 15.7. The van der Waals surface area contributed by atoms with Gasteiger partial charge in [-0.15, -0.1) is 0 Å². The van der Waals surface area contributed by atoms with Crippen molar-refractivity contribution < 1.29 is 9.59 Å². The molecule has 2 aromatic rings. The van der Waals surface area contributed by atoms with Gasteiger partial charge in [-0.05, 0) is 43.2 Å². The molecule has 0 spiro atoms. The lowest BCUT2D eigenvalue weighted by Gasteiger charge is -2.37. The summed E-state index contributed by atoms with van der Waals surface area (Å²) in [5, 5.41) is 3.16. The maximum atomic E-state index is 12.5. The molecule has 1 aliphatic rings. The predicted molar refractivity (Wildman–Crippen MR) is 109 cm³/mol. The third-order valence-corrected chi connectivity index (χ3v) is 5.34. The van der Waals surface area contributed by atoms with Crippen LogP contribution in [0, 0.1) is 13.8 Å². The van der Waals surface area contributed by atoms with Gasteiger partial charge in [-0.25, -0.2) is 0 Å². The molecule has 0 saturated carbocycles. The van der Waals surface area contributed by atoms with Gasteiger partial charge in [0, 0.05) is 31.9 Å². The number of aryl methyl sites for hydroxylation is 1. The van der Waals surface area contributed by atoms with Crippen molar-refractivity contribution in [1.29, 1.82) is 0 Å². The van der Waals surface area contributed by atoms with Crippen LogP contribution in [0.15, 0.2) is 42.5 Å². The van der Waals surface area contributed by atoms with Crippen LogP contribution in [0.25, 0.3) is 0 Å². The molecule has 27 heavy (non-hydrogen) atoms. The number of nitrogens with zero attached hydrogens (tertiary/aromatic N) is 2. The average molecular weight is 386 g/mol. The fraction of sp³-hybridized carbons (Fsp3) is 0.333. The number of hydrogen-bond acceptors (Lipinski definition) is 3. The highest BCUT2D eigenvalue weighted by atomic mass is 35.5. The molecule has 1 heterocycles. The molecule has 0 atom stereocenters. The highest BCUT2D eigenvalue weighted by Gasteiger charge is 2.24. The molecule has 3 rings (SSSR count). The second-order valence-corrected chi connectivity index (χ2v) is 7.20. The van der Waals surface area contributed by atoms with Gasteiger partial charge >= 0.3 is 0 Å². The van der Waals surface area contributed by atoms with Crippen molar-refractivity contribution in [3.8, 4) is 0 Å². The summed E-state index contributed by atoms with van der Waals surface area (Å²) < 4.78 is 0. The molecule has 2 aromatic carbocycles. The van der Waals surface area contributed by atoms with Gasteiger partial charge in [0.25, 0.3) is 0 Å². The second-order valence-electron chi connectivity index (χ2n) is 6.79. The minimum Gasteiger partial charge on any atom is -0.368 e. The summed E-state index contributed by atoms with van der Waals surface area (Å²) in [5.41, 5.74) is 4.29. The molecule has 142 valence electrons. The van der Waals surface area contributed by atoms with E-state index in [0.717, 1.165) is 13.1 Å². The van der Waals surface area contributed by atoms with Crippen molar-refractivity contribution in [2.75, 3.05) is 36.4 Å². The maximum absolute atomic E-state index is 12.5. The van der Waals surface area contributed by atoms with Crippen molar-refractivity contribution in [3.05, 3.63) is 58.6 Å². The molecule has 0 aromatic heterocycles. The molecule has 0 radical (unpaired) electrons. The Balaban J connectivity index is 1.53. The monoisotopic (exact) mass is 385 g/mol. The quantitative estimate of drug-likeness (QED) is 0.817. The first-order valence-electron chi connectivity index (χ1n) is 9.09. The second kappa shape index (κ2) is 8.44. The van der Waals surface area contributed by atoms with Gasteiger partial charge in [0.05, 0.1) is 10.7 Å². The molecule has 2 amide bonds. The first-order valence-corrected chi connectivity index (χ1v) is 9.47. The molecule has 6 heteroatoms. The molecule has 5 nitrogen and oxygen atoms in total. The number of carbonyl (C=O) groups excluding carboxylic acids is 2. The summed E-state index contributed by atoms with van der Waals surface area (Å²) in [6, 6.07) is 13.3. The number of carbonyl (C=O) groups is 2. The van der Waals surface area contributed by atoms with E-state index in [-0.39, 0.29) is 18.2 Å². The van der Waals surface area contributed by atoms with E-state index in [0.29, 0.717) is 23.8 Å². The first-order chi connectivity index (χ1) is 13.0. The summed E-state index contributed by atoms with van der Waals surface area (Å²) >= 11 is 6.04. The van der Waals surface area contributed by atoms with Crippen LogP contribution in [0.5, 0.6) is 0 Å². The predicted octanol–water partition coefficient (Wildman–Crippen LogP) is 3.63. The van der Waals surface area contributed by atoms with Crippen LogP contribution in [0.1, 0.15) is 17.5 Å². The molecular weight excluding hydrogens is 362 g/mol. The largest absolute Gasteiger partial charge is 0.368 e. The summed E-state index contributed by atoms with van der Waals surface area (Å²) in [7, 11) is 0. The Morgan fingerprint density at radius 3 is 2.41 bits per heavy atom. The summed E-state index contributed by atoms with van der Waals surface area (Å²) in [6.07, 6.45) is -0.172. The Labute approximate surface area is 164 Å². The molecule has 1 saturated heterocycles. The molecule has 1 fully saturated rings. The minimum absolute atomic E-state index is 0.153. The van der Waals surface area contributed by atoms with Crippen LogP contribution in [-0.2, 0) is 9.59 Å². The van der Waals surface area contributed by atoms with Gasteiger partial charge in [0.2, 0.25) is 11.8 Å². The van der Waals surface area contributed by atoms with E-state index in [1.165, 1.54) is 16.8 Å². The highest BCUT2D eigenvalue weighted by molar-refractivity contribution is 6.33. The number of hydrogen-bond donors (Lipinski definition) is 1. The fourth-order valence-corrected chi connectivity index (χ4v) is 3.46. The number of piperazine rings is 1. The van der Waals surface area contributed by atoms with Gasteiger partial charge < -0.3 is 15.1 Å². The number of amides is 2. The van der Waals surface area contributed by atoms with Gasteiger partial charge in [-0.1, -0.05) is 35.9 Å². The summed E-state index contributed by atoms with van der Waals surface area (Å²) in [4.78, 5) is 28.7. The number of halogens is 1. The van der Waals surface area contributed by atoms with Gasteiger partial charge in [0.1, 0.15) is 6.42 Å². The van der Waals surface area contributed by atoms with Crippen molar-refractivity contribution in [3.63, 3.8) is 0 Å². The molecule has 0 bridgehead atoms. The zero-order valence-corrected chi connectivity index (χ0v) is 16.4. The number of nitrogens with one attached hydrogen (secondary N) is 1. The molecule has 0 aliphatic carbocycles. The highest BCUT2D eigenvalue weighted by Crippen LogP contribution is 2.24. The first kappa shape index (κ1) is 19.2. The number of anilines is 2. The molecule has 0 unspecified atom stereocenters. The van der Waals surface area contributed by atoms with Crippen molar-refractivity contribution in [2.45, 2.75) is 20.3 Å². The molecule has 1 N–H and O–H groups in total. The smallest absolute Gasteiger partial charge is 0.233 e. The van der Waals surface area contributed by atoms with Crippen LogP contribution in [0.2, 0.25) is 5.02 Å². The van der Waals surface area contributed by atoms with Crippen molar-refractivity contribution in [2.24, 2.45) is 0 Å². The third-order valence-electron chi connectivity index (χ3n) is 5.01. The lowest BCUT2D eigenvalue weighted by Crippen LogP contribution is -2.49. The Morgan fingerprint density at radius 2 is 1.70 bits per heavy atom. The van der Waals surface area contributed by atoms with Crippen LogP contribution in [0.4, 0.5) is 11.4 Å². The van der Waals surface area contributed by atoms with E-state index >= 15 is 0 Å². The van der Waals surface area contributed by atoms with Crippen LogP contribution < -0.4 is 10.2 Å². The lowest BCUT2D eigenvalue weighted by atomic mass is 10.1. The summed E-state index contributed by atoms with van der Waals surface area (Å²) in [5.74, 6) is -0.495. The van der Waals surface area contributed by atoms with Crippen molar-refractivity contribution >= 4 is 34.8 Å². The van der Waals surface area contributed by atoms with E-state index < -0.39 is 0 Å². The number of benzene rings is 2. The zero-order chi connectivity index (χ0) is 19.4. The number of rotatable bonds is 4. The Bertz CT molecular complexity index is 845. The standard InChI is InChI=1S/C21H24ClN3O2/c1-15-6-5-9-19(16(15)2)24-10-12-25(13-11-24)21(27)14-20(26)23-18-8-4-3-7-17(18)22/h3-9H,10-14H2,1-2H3,(H,23,26). The van der Waals surface area contributed by atoms with Crippen LogP contribution in [0.3, 0.4) is 0 Å². The van der Waals surface area contributed by atoms with E-state index in [9.17, 15) is 9.59 Å². The topological polar surface area (TPSA) is 52.7 Å². The van der Waals surface area contributed by atoms with Crippen LogP contribution in [-0.4, -0.2) is 42.9 Å². The Morgan fingerprint density at radius 1 is 1.00 bits per heavy atom. The lowest BCUT2D eigenvalue weighted by molar-refractivity contribution is -0.134. The summed E-state index contributed by atoms with van der Waals surface area (Å²) in [6.45, 7) is 7.00. The van der Waals surface area contributed by atoms with E-state index in [4.69, 9.17) is 11.6 Å². The Kier molecular flexibility index (Phi) is 6.01. The van der Waals surface area contributed by atoms with Gasteiger partial charge in [-0.2, -0.15) is 0 Å². The van der Waals surface area contributed by atoms with E-state index in [1.807, 2.05) is 0 Å². The van der Waals surface area contributed by atoms with Gasteiger partial charge in [-0.3, -0.25) is 9.59 Å². The third kappa shape index (κ3) is 4.61. The van der Waals surface area contributed by atoms with Crippen molar-refractivity contribution in [1.82, 2.24) is 4.90 Å². The molecule has 1 aliphatic heterocycles. The van der Waals surface area contributed by atoms with Crippen LogP contribution >= 0.6 is 11.6 Å². The SMILES string of the molecule is Cc1cccc(N2CCN(C(=O)CC(=O)Nc3ccccc3Cl)CC2)c1C. The fourth-order valence-electron chi connectivity index (χ4n) is 3.28. The van der Waals surface area contributed by atoms with E-state index in [1.54, 1.807) is 29.2 Å². The van der Waals surface area contributed by atoms with Gasteiger partial charge in [0.15, 0.2) is 0 Å².